The maximum atomic E-state index is 13.0. The number of hydrogen-bond acceptors (Lipinski definition) is 4. The number of carbonyl (C=O) groups excluding carboxylic acids is 1. The maximum Gasteiger partial charge on any atom is 0.223 e. The third-order valence-electron chi connectivity index (χ3n) is 2.64. The Hall–Kier alpha value is -2.42. The predicted octanol–water partition coefficient (Wildman–Crippen LogP) is 4.31. The molecule has 0 aliphatic rings. The van der Waals surface area contributed by atoms with Crippen molar-refractivity contribution in [3.8, 4) is 6.07 Å². The Bertz CT molecular complexity index is 782. The summed E-state index contributed by atoms with van der Waals surface area (Å²) in [5.74, 6) is -1.13. The van der Waals surface area contributed by atoms with Gasteiger partial charge >= 0.3 is 0 Å². The minimum Gasteiger partial charge on any atom is -0.286 e. The van der Waals surface area contributed by atoms with Gasteiger partial charge in [-0.25, -0.2) is 4.39 Å². The van der Waals surface area contributed by atoms with Crippen LogP contribution in [0.4, 0.5) is 10.1 Å². The van der Waals surface area contributed by atoms with Gasteiger partial charge in [0, 0.05) is 10.6 Å². The number of nitriles is 1. The number of rotatable bonds is 4. The molecule has 2 rings (SSSR count). The van der Waals surface area contributed by atoms with Crippen LogP contribution >= 0.6 is 23.2 Å². The molecule has 0 saturated heterocycles. The van der Waals surface area contributed by atoms with Crippen molar-refractivity contribution in [1.29, 1.82) is 5.26 Å². The Kier molecular flexibility index (Phi) is 5.10. The first-order valence-electron chi connectivity index (χ1n) is 6.00. The first-order valence-corrected chi connectivity index (χ1v) is 6.76. The molecule has 0 unspecified atom stereocenters. The first kappa shape index (κ1) is 16.0. The molecule has 0 aromatic heterocycles. The van der Waals surface area contributed by atoms with Crippen LogP contribution in [-0.4, -0.2) is 11.5 Å². The molecule has 0 amide bonds. The SMILES string of the molecule is N#C/C(=N\Nc1ccc(F)c(Cl)c1)C(=O)c1ccc(Cl)cc1. The second-order valence-electron chi connectivity index (χ2n) is 4.15. The molecule has 0 bridgehead atoms. The molecular weight excluding hydrogens is 328 g/mol. The monoisotopic (exact) mass is 335 g/mol. The molecule has 0 aliphatic heterocycles. The summed E-state index contributed by atoms with van der Waals surface area (Å²) in [6.07, 6.45) is 0. The van der Waals surface area contributed by atoms with E-state index in [1.54, 1.807) is 6.07 Å². The van der Waals surface area contributed by atoms with Crippen LogP contribution in [0.3, 0.4) is 0 Å². The number of hydrogen-bond donors (Lipinski definition) is 1. The van der Waals surface area contributed by atoms with E-state index < -0.39 is 11.6 Å². The van der Waals surface area contributed by atoms with E-state index in [2.05, 4.69) is 10.5 Å². The largest absolute Gasteiger partial charge is 0.286 e. The molecule has 0 radical (unpaired) electrons. The van der Waals surface area contributed by atoms with Crippen LogP contribution < -0.4 is 5.43 Å². The van der Waals surface area contributed by atoms with Crippen LogP contribution in [0.1, 0.15) is 10.4 Å². The molecule has 7 heteroatoms. The number of anilines is 1. The highest BCUT2D eigenvalue weighted by Crippen LogP contribution is 2.19. The van der Waals surface area contributed by atoms with Gasteiger partial charge in [0.25, 0.3) is 0 Å². The molecule has 110 valence electrons. The van der Waals surface area contributed by atoms with E-state index in [-0.39, 0.29) is 16.3 Å². The number of hydrazone groups is 1. The fourth-order valence-electron chi connectivity index (χ4n) is 1.55. The first-order chi connectivity index (χ1) is 10.5. The molecule has 0 aliphatic carbocycles. The third-order valence-corrected chi connectivity index (χ3v) is 3.19. The molecule has 0 fully saturated rings. The summed E-state index contributed by atoms with van der Waals surface area (Å²) >= 11 is 11.4. The average Bonchev–Trinajstić information content (AvgIpc) is 2.52. The molecular formula is C15H8Cl2FN3O. The van der Waals surface area contributed by atoms with Crippen LogP contribution in [0, 0.1) is 17.1 Å². The van der Waals surface area contributed by atoms with Crippen LogP contribution in [0.5, 0.6) is 0 Å². The van der Waals surface area contributed by atoms with Crippen molar-refractivity contribution in [3.63, 3.8) is 0 Å². The van der Waals surface area contributed by atoms with Crippen molar-refractivity contribution in [1.82, 2.24) is 0 Å². The molecule has 0 saturated carbocycles. The molecule has 0 heterocycles. The summed E-state index contributed by atoms with van der Waals surface area (Å²) in [7, 11) is 0. The number of ketones is 1. The van der Waals surface area contributed by atoms with Gasteiger partial charge in [0.05, 0.1) is 10.7 Å². The normalized spacial score (nSPS) is 10.9. The molecule has 2 aromatic carbocycles. The minimum atomic E-state index is -0.575. The number of Topliss-reactive ketones (excluding diaryl/α,β-unsaturated/α-hetero) is 1. The topological polar surface area (TPSA) is 65.2 Å². The van der Waals surface area contributed by atoms with Crippen LogP contribution in [0.25, 0.3) is 0 Å². The van der Waals surface area contributed by atoms with Crippen molar-refractivity contribution in [2.45, 2.75) is 0 Å². The van der Waals surface area contributed by atoms with Gasteiger partial charge in [-0.2, -0.15) is 10.4 Å². The van der Waals surface area contributed by atoms with Gasteiger partial charge in [-0.05, 0) is 42.5 Å². The molecule has 1 N–H and O–H groups in total. The van der Waals surface area contributed by atoms with E-state index in [0.717, 1.165) is 6.07 Å². The lowest BCUT2D eigenvalue weighted by molar-refractivity contribution is 0.106. The molecule has 4 nitrogen and oxygen atoms in total. The summed E-state index contributed by atoms with van der Waals surface area (Å²) in [5, 5.41) is 13.1. The Morgan fingerprint density at radius 2 is 1.86 bits per heavy atom. The van der Waals surface area contributed by atoms with Crippen LogP contribution in [0.2, 0.25) is 10.0 Å². The zero-order chi connectivity index (χ0) is 16.1. The van der Waals surface area contributed by atoms with Crippen molar-refractivity contribution < 1.29 is 9.18 Å². The van der Waals surface area contributed by atoms with E-state index in [1.165, 1.54) is 36.4 Å². The van der Waals surface area contributed by atoms with Gasteiger partial charge in [-0.3, -0.25) is 10.2 Å². The lowest BCUT2D eigenvalue weighted by atomic mass is 10.1. The standard InChI is InChI=1S/C15H8Cl2FN3O/c16-10-3-1-9(2-4-10)15(22)14(8-19)21-20-11-5-6-13(18)12(17)7-11/h1-7,20H/b21-14+. The van der Waals surface area contributed by atoms with Gasteiger partial charge < -0.3 is 0 Å². The zero-order valence-corrected chi connectivity index (χ0v) is 12.5. The van der Waals surface area contributed by atoms with Gasteiger partial charge in [-0.15, -0.1) is 0 Å². The van der Waals surface area contributed by atoms with Crippen molar-refractivity contribution in [2.75, 3.05) is 5.43 Å². The third kappa shape index (κ3) is 3.82. The summed E-state index contributed by atoms with van der Waals surface area (Å²) < 4.78 is 13.0. The quantitative estimate of drug-likeness (QED) is 0.514. The number of carbonyl (C=O) groups is 1. The van der Waals surface area contributed by atoms with E-state index in [0.29, 0.717) is 10.7 Å². The van der Waals surface area contributed by atoms with E-state index >= 15 is 0 Å². The molecule has 2 aromatic rings. The second-order valence-corrected chi connectivity index (χ2v) is 4.99. The minimum absolute atomic E-state index is 0.0947. The fourth-order valence-corrected chi connectivity index (χ4v) is 1.86. The van der Waals surface area contributed by atoms with Crippen molar-refractivity contribution in [2.24, 2.45) is 5.10 Å². The molecule has 22 heavy (non-hydrogen) atoms. The van der Waals surface area contributed by atoms with Gasteiger partial charge in [0.15, 0.2) is 0 Å². The zero-order valence-electron chi connectivity index (χ0n) is 11.0. The van der Waals surface area contributed by atoms with Gasteiger partial charge in [0.1, 0.15) is 11.9 Å². The Labute approximate surface area is 135 Å². The molecule has 0 atom stereocenters. The van der Waals surface area contributed by atoms with E-state index in [9.17, 15) is 9.18 Å². The van der Waals surface area contributed by atoms with E-state index in [4.69, 9.17) is 28.5 Å². The highest BCUT2D eigenvalue weighted by atomic mass is 35.5. The van der Waals surface area contributed by atoms with Gasteiger partial charge in [-0.1, -0.05) is 23.2 Å². The van der Waals surface area contributed by atoms with E-state index in [1.807, 2.05) is 0 Å². The Balaban J connectivity index is 2.20. The summed E-state index contributed by atoms with van der Waals surface area (Å²) in [6, 6.07) is 11.6. The Morgan fingerprint density at radius 1 is 1.18 bits per heavy atom. The fraction of sp³-hybridized carbons (Fsp3) is 0. The lowest BCUT2D eigenvalue weighted by Gasteiger charge is -2.03. The number of nitrogens with zero attached hydrogens (tertiary/aromatic N) is 2. The smallest absolute Gasteiger partial charge is 0.223 e. The number of benzene rings is 2. The highest BCUT2D eigenvalue weighted by molar-refractivity contribution is 6.51. The highest BCUT2D eigenvalue weighted by Gasteiger charge is 2.14. The van der Waals surface area contributed by atoms with Crippen molar-refractivity contribution in [3.05, 3.63) is 63.9 Å². The van der Waals surface area contributed by atoms with Gasteiger partial charge in [0.2, 0.25) is 11.5 Å². The lowest BCUT2D eigenvalue weighted by Crippen LogP contribution is -2.14. The summed E-state index contributed by atoms with van der Waals surface area (Å²) in [5.41, 5.74) is 2.78. The van der Waals surface area contributed by atoms with Crippen LogP contribution in [-0.2, 0) is 0 Å². The summed E-state index contributed by atoms with van der Waals surface area (Å²) in [4.78, 5) is 12.1. The average molecular weight is 336 g/mol. The number of halogens is 3. The number of nitrogens with one attached hydrogen (secondary N) is 1. The maximum absolute atomic E-state index is 13.0. The van der Waals surface area contributed by atoms with Crippen LogP contribution in [0.15, 0.2) is 47.6 Å². The summed E-state index contributed by atoms with van der Waals surface area (Å²) in [6.45, 7) is 0. The Morgan fingerprint density at radius 3 is 2.45 bits per heavy atom. The predicted molar refractivity (Wildman–Crippen MR) is 83.9 cm³/mol. The molecule has 0 spiro atoms. The van der Waals surface area contributed by atoms with Crippen molar-refractivity contribution >= 4 is 40.4 Å². The second kappa shape index (κ2) is 7.03.